The number of anilines is 1. The summed E-state index contributed by atoms with van der Waals surface area (Å²) in [6.07, 6.45) is 8.68. The van der Waals surface area contributed by atoms with E-state index in [9.17, 15) is 0 Å². The van der Waals surface area contributed by atoms with Crippen molar-refractivity contribution in [1.29, 1.82) is 0 Å². The van der Waals surface area contributed by atoms with Crippen molar-refractivity contribution in [3.8, 4) is 5.75 Å². The summed E-state index contributed by atoms with van der Waals surface area (Å²) >= 11 is 0. The molecule has 0 amide bonds. The first-order valence-corrected chi connectivity index (χ1v) is 7.64. The van der Waals surface area contributed by atoms with Crippen molar-refractivity contribution in [1.82, 2.24) is 0 Å². The van der Waals surface area contributed by atoms with Gasteiger partial charge in [-0.3, -0.25) is 4.99 Å². The summed E-state index contributed by atoms with van der Waals surface area (Å²) in [6, 6.07) is 7.70. The van der Waals surface area contributed by atoms with Crippen LogP contribution in [0.4, 0.5) is 5.69 Å². The normalized spacial score (nSPS) is 27.7. The molecule has 0 saturated heterocycles. The zero-order chi connectivity index (χ0) is 14.7. The van der Waals surface area contributed by atoms with E-state index < -0.39 is 0 Å². The minimum atomic E-state index is 0.480. The number of nitrogens with zero attached hydrogens (tertiary/aromatic N) is 1. The van der Waals surface area contributed by atoms with E-state index in [4.69, 9.17) is 10.5 Å². The Morgan fingerprint density at radius 2 is 2.29 bits per heavy atom. The zero-order valence-electron chi connectivity index (χ0n) is 12.5. The molecule has 0 radical (unpaired) electrons. The molecule has 1 aromatic carbocycles. The summed E-state index contributed by atoms with van der Waals surface area (Å²) < 4.78 is 5.20. The van der Waals surface area contributed by atoms with Gasteiger partial charge in [-0.1, -0.05) is 18.2 Å². The highest BCUT2D eigenvalue weighted by atomic mass is 16.5. The van der Waals surface area contributed by atoms with Crippen LogP contribution in [0, 0.1) is 17.8 Å². The highest BCUT2D eigenvalue weighted by molar-refractivity contribution is 5.92. The third-order valence-electron chi connectivity index (χ3n) is 4.55. The maximum Gasteiger partial charge on any atom is 0.193 e. The quantitative estimate of drug-likeness (QED) is 0.508. The minimum absolute atomic E-state index is 0.480. The van der Waals surface area contributed by atoms with Crippen molar-refractivity contribution in [2.75, 3.05) is 19.0 Å². The summed E-state index contributed by atoms with van der Waals surface area (Å²) in [4.78, 5) is 4.53. The van der Waals surface area contributed by atoms with E-state index in [1.807, 2.05) is 24.3 Å². The number of nitrogens with one attached hydrogen (secondary N) is 1. The Kier molecular flexibility index (Phi) is 4.13. The van der Waals surface area contributed by atoms with E-state index in [-0.39, 0.29) is 0 Å². The number of nitrogens with two attached hydrogens (primary N) is 1. The fourth-order valence-electron chi connectivity index (χ4n) is 3.37. The second kappa shape index (κ2) is 6.20. The van der Waals surface area contributed by atoms with E-state index in [2.05, 4.69) is 22.5 Å². The standard InChI is InChI=1S/C17H23N3O/c1-21-16-4-2-3-15(10-16)20-17(18)19-11-14-9-12-5-7-13(14)8-6-12/h2-5,7,10,12-14H,6,8-9,11H2,1H3,(H3,18,19,20). The van der Waals surface area contributed by atoms with Crippen LogP contribution >= 0.6 is 0 Å². The lowest BCUT2D eigenvalue weighted by Gasteiger charge is -2.37. The van der Waals surface area contributed by atoms with Gasteiger partial charge in [0.1, 0.15) is 5.75 Å². The van der Waals surface area contributed by atoms with Gasteiger partial charge in [-0.25, -0.2) is 0 Å². The molecule has 0 aromatic heterocycles. The number of methoxy groups -OCH3 is 1. The SMILES string of the molecule is COc1cccc(NC(N)=NCC2CC3C=CC2CC3)c1. The maximum absolute atomic E-state index is 5.99. The van der Waals surface area contributed by atoms with E-state index in [0.29, 0.717) is 17.8 Å². The zero-order valence-corrected chi connectivity index (χ0v) is 12.5. The summed E-state index contributed by atoms with van der Waals surface area (Å²) in [5, 5.41) is 3.13. The van der Waals surface area contributed by atoms with Gasteiger partial charge >= 0.3 is 0 Å². The molecule has 1 saturated carbocycles. The van der Waals surface area contributed by atoms with Crippen LogP contribution in [0.1, 0.15) is 19.3 Å². The van der Waals surface area contributed by atoms with Gasteiger partial charge in [0.15, 0.2) is 5.96 Å². The minimum Gasteiger partial charge on any atom is -0.497 e. The summed E-state index contributed by atoms with van der Waals surface area (Å²) in [7, 11) is 1.65. The Hall–Kier alpha value is -1.97. The van der Waals surface area contributed by atoms with Gasteiger partial charge in [0.05, 0.1) is 7.11 Å². The molecular weight excluding hydrogens is 262 g/mol. The van der Waals surface area contributed by atoms with E-state index in [0.717, 1.165) is 23.9 Å². The lowest BCUT2D eigenvalue weighted by atomic mass is 9.69. The van der Waals surface area contributed by atoms with Crippen LogP contribution in [0.3, 0.4) is 0 Å². The molecular formula is C17H23N3O. The van der Waals surface area contributed by atoms with Crippen molar-refractivity contribution < 1.29 is 4.74 Å². The molecule has 2 bridgehead atoms. The summed E-state index contributed by atoms with van der Waals surface area (Å²) in [6.45, 7) is 0.814. The Morgan fingerprint density at radius 1 is 1.38 bits per heavy atom. The Balaban J connectivity index is 1.57. The Morgan fingerprint density at radius 3 is 2.95 bits per heavy atom. The van der Waals surface area contributed by atoms with E-state index in [1.54, 1.807) is 7.11 Å². The molecule has 3 aliphatic carbocycles. The van der Waals surface area contributed by atoms with Crippen molar-refractivity contribution in [2.24, 2.45) is 28.5 Å². The van der Waals surface area contributed by atoms with Crippen molar-refractivity contribution in [3.05, 3.63) is 36.4 Å². The van der Waals surface area contributed by atoms with Crippen LogP contribution in [0.25, 0.3) is 0 Å². The number of hydrogen-bond donors (Lipinski definition) is 2. The molecule has 0 heterocycles. The average Bonchev–Trinajstić information content (AvgIpc) is 2.54. The van der Waals surface area contributed by atoms with Crippen LogP contribution in [0.2, 0.25) is 0 Å². The number of aliphatic imine (C=N–C) groups is 1. The van der Waals surface area contributed by atoms with Crippen LogP contribution in [0.5, 0.6) is 5.75 Å². The van der Waals surface area contributed by atoms with E-state index in [1.165, 1.54) is 19.3 Å². The van der Waals surface area contributed by atoms with Crippen molar-refractivity contribution >= 4 is 11.6 Å². The largest absolute Gasteiger partial charge is 0.497 e. The van der Waals surface area contributed by atoms with Gasteiger partial charge in [0.25, 0.3) is 0 Å². The fraction of sp³-hybridized carbons (Fsp3) is 0.471. The maximum atomic E-state index is 5.99. The molecule has 4 rings (SSSR count). The van der Waals surface area contributed by atoms with Crippen LogP contribution < -0.4 is 15.8 Å². The van der Waals surface area contributed by atoms with Gasteiger partial charge in [-0.15, -0.1) is 0 Å². The smallest absolute Gasteiger partial charge is 0.193 e. The average molecular weight is 285 g/mol. The van der Waals surface area contributed by atoms with Crippen LogP contribution in [-0.4, -0.2) is 19.6 Å². The third-order valence-corrected chi connectivity index (χ3v) is 4.55. The molecule has 0 aliphatic heterocycles. The number of guanidine groups is 1. The Bertz CT molecular complexity index is 553. The number of fused-ring (bicyclic) bond motifs is 2. The topological polar surface area (TPSA) is 59.6 Å². The molecule has 3 unspecified atom stereocenters. The number of ether oxygens (including phenoxy) is 1. The number of rotatable bonds is 4. The van der Waals surface area contributed by atoms with Crippen LogP contribution in [-0.2, 0) is 0 Å². The molecule has 21 heavy (non-hydrogen) atoms. The highest BCUT2D eigenvalue weighted by Crippen LogP contribution is 2.40. The first kappa shape index (κ1) is 14.0. The molecule has 3 aliphatic rings. The Labute approximate surface area is 126 Å². The van der Waals surface area contributed by atoms with Crippen LogP contribution in [0.15, 0.2) is 41.4 Å². The number of benzene rings is 1. The first-order chi connectivity index (χ1) is 10.2. The molecule has 112 valence electrons. The lowest BCUT2D eigenvalue weighted by Crippen LogP contribution is -2.31. The first-order valence-electron chi connectivity index (χ1n) is 7.64. The molecule has 1 fully saturated rings. The summed E-state index contributed by atoms with van der Waals surface area (Å²) in [5.41, 5.74) is 6.90. The molecule has 1 aromatic rings. The predicted molar refractivity (Wildman–Crippen MR) is 86.6 cm³/mol. The van der Waals surface area contributed by atoms with Gasteiger partial charge in [-0.2, -0.15) is 0 Å². The predicted octanol–water partition coefficient (Wildman–Crippen LogP) is 3.02. The van der Waals surface area contributed by atoms with Crippen molar-refractivity contribution in [3.63, 3.8) is 0 Å². The highest BCUT2D eigenvalue weighted by Gasteiger charge is 2.31. The molecule has 4 heteroatoms. The number of allylic oxidation sites excluding steroid dienone is 2. The van der Waals surface area contributed by atoms with Gasteiger partial charge in [0, 0.05) is 18.3 Å². The molecule has 3 N–H and O–H groups in total. The summed E-state index contributed by atoms with van der Waals surface area (Å²) in [5.74, 6) is 3.40. The molecule has 3 atom stereocenters. The lowest BCUT2D eigenvalue weighted by molar-refractivity contribution is 0.227. The van der Waals surface area contributed by atoms with Crippen molar-refractivity contribution in [2.45, 2.75) is 19.3 Å². The van der Waals surface area contributed by atoms with E-state index >= 15 is 0 Å². The second-order valence-electron chi connectivity index (χ2n) is 5.96. The second-order valence-corrected chi connectivity index (χ2v) is 5.96. The third kappa shape index (κ3) is 3.38. The number of hydrogen-bond acceptors (Lipinski definition) is 2. The molecule has 4 nitrogen and oxygen atoms in total. The monoisotopic (exact) mass is 285 g/mol. The van der Waals surface area contributed by atoms with Gasteiger partial charge in [0.2, 0.25) is 0 Å². The van der Waals surface area contributed by atoms with Gasteiger partial charge in [-0.05, 0) is 49.1 Å². The van der Waals surface area contributed by atoms with Gasteiger partial charge < -0.3 is 15.8 Å². The molecule has 0 spiro atoms. The fourth-order valence-corrected chi connectivity index (χ4v) is 3.37.